The maximum absolute atomic E-state index is 11.0. The maximum atomic E-state index is 11.0. The van der Waals surface area contributed by atoms with Gasteiger partial charge in [0.2, 0.25) is 5.70 Å². The van der Waals surface area contributed by atoms with Crippen molar-refractivity contribution in [2.24, 2.45) is 5.73 Å². The van der Waals surface area contributed by atoms with Crippen molar-refractivity contribution in [1.82, 2.24) is 5.23 Å². The van der Waals surface area contributed by atoms with Crippen molar-refractivity contribution < 1.29 is 19.8 Å². The predicted molar refractivity (Wildman–Crippen MR) is 57.9 cm³/mol. The molecule has 0 unspecified atom stereocenters. The number of primary amides is 1. The molecule has 1 amide bonds. The maximum Gasteiger partial charge on any atom is 0.270 e. The summed E-state index contributed by atoms with van der Waals surface area (Å²) in [6.07, 6.45) is 1.42. The number of nitrogens with two attached hydrogens (primary N) is 1. The Balaban J connectivity index is 5.50. The monoisotopic (exact) mass is 245 g/mol. The van der Waals surface area contributed by atoms with Crippen molar-refractivity contribution in [2.45, 2.75) is 20.3 Å². The van der Waals surface area contributed by atoms with E-state index in [1.54, 1.807) is 6.92 Å². The lowest BCUT2D eigenvalue weighted by molar-refractivity contribution is -0.425. The summed E-state index contributed by atoms with van der Waals surface area (Å²) >= 11 is 0. The molecule has 0 fully saturated rings. The molecular formula is C9H15N3O5. The van der Waals surface area contributed by atoms with Gasteiger partial charge >= 0.3 is 0 Å². The molecule has 0 radical (unpaired) electrons. The van der Waals surface area contributed by atoms with E-state index < -0.39 is 10.8 Å². The van der Waals surface area contributed by atoms with Gasteiger partial charge in [0, 0.05) is 12.5 Å². The molecule has 3 N–H and O–H groups in total. The predicted octanol–water partition coefficient (Wildman–Crippen LogP) is 0.569. The van der Waals surface area contributed by atoms with Gasteiger partial charge in [0.05, 0.1) is 12.0 Å². The fourth-order valence-electron chi connectivity index (χ4n) is 1.06. The fourth-order valence-corrected chi connectivity index (χ4v) is 1.06. The molecule has 17 heavy (non-hydrogen) atoms. The highest BCUT2D eigenvalue weighted by Gasteiger charge is 2.17. The van der Waals surface area contributed by atoms with Crippen molar-refractivity contribution in [3.05, 3.63) is 33.2 Å². The molecule has 0 aliphatic carbocycles. The highest BCUT2D eigenvalue weighted by molar-refractivity contribution is 5.91. The van der Waals surface area contributed by atoms with Crippen LogP contribution in [0.1, 0.15) is 20.3 Å². The van der Waals surface area contributed by atoms with Crippen LogP contribution in [-0.4, -0.2) is 28.4 Å². The third-order valence-corrected chi connectivity index (χ3v) is 2.06. The van der Waals surface area contributed by atoms with Gasteiger partial charge in [-0.1, -0.05) is 6.92 Å². The highest BCUT2D eigenvalue weighted by Crippen LogP contribution is 2.14. The molecule has 8 nitrogen and oxygen atoms in total. The van der Waals surface area contributed by atoms with Crippen molar-refractivity contribution in [3.8, 4) is 0 Å². The van der Waals surface area contributed by atoms with Crippen LogP contribution in [-0.2, 0) is 9.63 Å². The second-order valence-electron chi connectivity index (χ2n) is 3.07. The number of amides is 1. The van der Waals surface area contributed by atoms with E-state index in [1.165, 1.54) is 6.92 Å². The quantitative estimate of drug-likeness (QED) is 0.305. The zero-order chi connectivity index (χ0) is 13.6. The number of hydroxylamine groups is 2. The van der Waals surface area contributed by atoms with E-state index in [0.717, 1.165) is 13.2 Å². The molecule has 0 aromatic carbocycles. The lowest BCUT2D eigenvalue weighted by Crippen LogP contribution is -2.28. The number of carbonyl (C=O) groups is 1. The van der Waals surface area contributed by atoms with Crippen molar-refractivity contribution in [2.75, 3.05) is 7.11 Å². The Kier molecular flexibility index (Phi) is 5.86. The summed E-state index contributed by atoms with van der Waals surface area (Å²) in [5.74, 6) is -0.962. The van der Waals surface area contributed by atoms with Gasteiger partial charge in [-0.05, 0) is 12.5 Å². The first-order chi connectivity index (χ1) is 7.84. The van der Waals surface area contributed by atoms with Gasteiger partial charge in [-0.25, -0.2) is 0 Å². The Labute approximate surface area is 98.0 Å². The van der Waals surface area contributed by atoms with E-state index in [-0.39, 0.29) is 22.2 Å². The van der Waals surface area contributed by atoms with Crippen molar-refractivity contribution >= 4 is 5.91 Å². The minimum absolute atomic E-state index is 0.129. The highest BCUT2D eigenvalue weighted by atomic mass is 16.9. The van der Waals surface area contributed by atoms with Gasteiger partial charge in [0.15, 0.2) is 5.70 Å². The minimum atomic E-state index is -0.962. The number of hydrogen-bond acceptors (Lipinski definition) is 6. The molecule has 0 atom stereocenters. The van der Waals surface area contributed by atoms with Crippen LogP contribution in [0, 0.1) is 10.1 Å². The third-order valence-electron chi connectivity index (χ3n) is 2.06. The van der Waals surface area contributed by atoms with Crippen molar-refractivity contribution in [3.63, 3.8) is 0 Å². The van der Waals surface area contributed by atoms with E-state index in [2.05, 4.69) is 4.84 Å². The first kappa shape index (κ1) is 15.1. The Bertz CT molecular complexity index is 375. The minimum Gasteiger partial charge on any atom is -0.364 e. The summed E-state index contributed by atoms with van der Waals surface area (Å²) in [5, 5.41) is 19.9. The smallest absolute Gasteiger partial charge is 0.270 e. The summed E-state index contributed by atoms with van der Waals surface area (Å²) in [5.41, 5.74) is 4.76. The molecule has 0 aromatic rings. The number of hydrogen-bond donors (Lipinski definition) is 2. The number of nitro groups is 1. The largest absolute Gasteiger partial charge is 0.364 e. The summed E-state index contributed by atoms with van der Waals surface area (Å²) in [7, 11) is 1.12. The third kappa shape index (κ3) is 4.21. The molecule has 0 aliphatic rings. The standard InChI is InChI=1S/C9H15N3O5/c1-4-7(6(2)11(14)15)5-8(9(10)13)12(16)17-3/h5,16H,4H2,1-3H3,(H2,10,13)/b7-6-,8-5-. The molecule has 96 valence electrons. The zero-order valence-electron chi connectivity index (χ0n) is 9.84. The molecule has 0 heterocycles. The summed E-state index contributed by atoms with van der Waals surface area (Å²) in [4.78, 5) is 25.4. The molecule has 0 bridgehead atoms. The van der Waals surface area contributed by atoms with Gasteiger partial charge in [0.1, 0.15) is 0 Å². The van der Waals surface area contributed by atoms with Crippen LogP contribution in [0.3, 0.4) is 0 Å². The van der Waals surface area contributed by atoms with E-state index in [9.17, 15) is 20.1 Å². The summed E-state index contributed by atoms with van der Waals surface area (Å²) in [6, 6.07) is 0. The van der Waals surface area contributed by atoms with Gasteiger partial charge in [-0.2, -0.15) is 0 Å². The lowest BCUT2D eigenvalue weighted by atomic mass is 10.1. The van der Waals surface area contributed by atoms with Crippen LogP contribution in [0.5, 0.6) is 0 Å². The normalized spacial score (nSPS) is 13.1. The number of rotatable bonds is 6. The van der Waals surface area contributed by atoms with Gasteiger partial charge in [0.25, 0.3) is 5.91 Å². The fraction of sp³-hybridized carbons (Fsp3) is 0.444. The first-order valence-corrected chi connectivity index (χ1v) is 4.73. The molecule has 0 saturated heterocycles. The first-order valence-electron chi connectivity index (χ1n) is 4.73. The van der Waals surface area contributed by atoms with Gasteiger partial charge in [-0.15, -0.1) is 5.23 Å². The molecule has 0 saturated carbocycles. The molecule has 0 aliphatic heterocycles. The van der Waals surface area contributed by atoms with Gasteiger partial charge in [-0.3, -0.25) is 25.0 Å². The van der Waals surface area contributed by atoms with Crippen molar-refractivity contribution in [1.29, 1.82) is 0 Å². The topological polar surface area (TPSA) is 119 Å². The Morgan fingerprint density at radius 3 is 2.47 bits per heavy atom. The lowest BCUT2D eigenvalue weighted by Gasteiger charge is -2.14. The molecule has 0 rings (SSSR count). The average molecular weight is 245 g/mol. The van der Waals surface area contributed by atoms with E-state index in [4.69, 9.17) is 5.73 Å². The van der Waals surface area contributed by atoms with E-state index in [1.807, 2.05) is 0 Å². The number of nitrogens with zero attached hydrogens (tertiary/aromatic N) is 2. The number of carbonyl (C=O) groups excluding carboxylic acids is 1. The summed E-state index contributed by atoms with van der Waals surface area (Å²) in [6.45, 7) is 2.97. The Morgan fingerprint density at radius 2 is 2.18 bits per heavy atom. The van der Waals surface area contributed by atoms with Crippen LogP contribution >= 0.6 is 0 Å². The van der Waals surface area contributed by atoms with E-state index in [0.29, 0.717) is 6.42 Å². The van der Waals surface area contributed by atoms with Crippen LogP contribution in [0.2, 0.25) is 0 Å². The molecular weight excluding hydrogens is 230 g/mol. The number of allylic oxidation sites excluding steroid dienone is 3. The van der Waals surface area contributed by atoms with Gasteiger partial charge < -0.3 is 5.73 Å². The Morgan fingerprint density at radius 1 is 1.65 bits per heavy atom. The SMILES string of the molecule is CCC(/C=C(/C(N)=O)N(O)OC)=C(\C)[N+](=O)[O-]. The van der Waals surface area contributed by atoms with Crippen LogP contribution in [0.15, 0.2) is 23.0 Å². The second-order valence-corrected chi connectivity index (χ2v) is 3.07. The molecule has 0 spiro atoms. The molecule has 0 aromatic heterocycles. The summed E-state index contributed by atoms with van der Waals surface area (Å²) < 4.78 is 0. The van der Waals surface area contributed by atoms with E-state index >= 15 is 0 Å². The van der Waals surface area contributed by atoms with Crippen LogP contribution in [0.4, 0.5) is 0 Å². The zero-order valence-corrected chi connectivity index (χ0v) is 9.84. The van der Waals surface area contributed by atoms with Crippen LogP contribution < -0.4 is 5.73 Å². The second kappa shape index (κ2) is 6.61. The van der Waals surface area contributed by atoms with Crippen LogP contribution in [0.25, 0.3) is 0 Å². The Hall–Kier alpha value is -1.93. The molecule has 8 heteroatoms. The average Bonchev–Trinajstić information content (AvgIpc) is 2.28.